The van der Waals surface area contributed by atoms with E-state index in [0.29, 0.717) is 5.75 Å². The molecule has 0 heterocycles. The zero-order chi connectivity index (χ0) is 19.8. The van der Waals surface area contributed by atoms with Crippen LogP contribution in [-0.4, -0.2) is 5.97 Å². The summed E-state index contributed by atoms with van der Waals surface area (Å²) in [6, 6.07) is 16.9. The van der Waals surface area contributed by atoms with Gasteiger partial charge >= 0.3 is 5.97 Å². The van der Waals surface area contributed by atoms with E-state index in [9.17, 15) is 4.79 Å². The number of carbonyl (C=O) groups excluding carboxylic acids is 1. The first kappa shape index (κ1) is 18.4. The van der Waals surface area contributed by atoms with Gasteiger partial charge in [0.15, 0.2) is 6.10 Å². The first-order chi connectivity index (χ1) is 13.5. The van der Waals surface area contributed by atoms with Gasteiger partial charge in [0.25, 0.3) is 0 Å². The van der Waals surface area contributed by atoms with E-state index in [1.165, 1.54) is 0 Å². The molecule has 142 valence electrons. The number of benzene rings is 2. The van der Waals surface area contributed by atoms with Gasteiger partial charge in [-0.3, -0.25) is 4.79 Å². The van der Waals surface area contributed by atoms with Crippen LogP contribution in [0.3, 0.4) is 0 Å². The molecule has 2 aliphatic carbocycles. The van der Waals surface area contributed by atoms with Crippen LogP contribution < -0.4 is 4.74 Å². The molecule has 4 rings (SSSR count). The van der Waals surface area contributed by atoms with Gasteiger partial charge < -0.3 is 9.47 Å². The molecule has 0 aliphatic heterocycles. The molecule has 0 saturated heterocycles. The van der Waals surface area contributed by atoms with E-state index in [1.54, 1.807) is 0 Å². The summed E-state index contributed by atoms with van der Waals surface area (Å²) in [6.07, 6.45) is 11.4. The predicted molar refractivity (Wildman–Crippen MR) is 109 cm³/mol. The molecule has 0 bridgehead atoms. The van der Waals surface area contributed by atoms with Crippen molar-refractivity contribution in [2.45, 2.75) is 32.8 Å². The first-order valence-electron chi connectivity index (χ1n) is 9.65. The Kier molecular flexibility index (Phi) is 4.51. The Hall–Kier alpha value is -2.99. The van der Waals surface area contributed by atoms with Crippen molar-refractivity contribution in [2.24, 2.45) is 16.7 Å². The van der Waals surface area contributed by atoms with Crippen molar-refractivity contribution in [3.05, 3.63) is 72.3 Å². The van der Waals surface area contributed by atoms with E-state index in [1.807, 2.05) is 54.6 Å². The molecule has 2 aliphatic rings. The number of esters is 1. The Balaban J connectivity index is 1.49. The maximum Gasteiger partial charge on any atom is 0.312 e. The van der Waals surface area contributed by atoms with E-state index in [4.69, 9.17) is 15.9 Å². The number of rotatable bonds is 5. The molecule has 2 aromatic rings. The van der Waals surface area contributed by atoms with Crippen molar-refractivity contribution in [2.75, 3.05) is 0 Å². The minimum absolute atomic E-state index is 0.0680. The summed E-state index contributed by atoms with van der Waals surface area (Å²) in [5.41, 5.74) is 0.578. The number of para-hydroxylation sites is 1. The van der Waals surface area contributed by atoms with Crippen LogP contribution in [0.25, 0.3) is 0 Å². The Morgan fingerprint density at radius 2 is 1.89 bits per heavy atom. The largest absolute Gasteiger partial charge is 0.457 e. The van der Waals surface area contributed by atoms with Gasteiger partial charge in [-0.05, 0) is 42.5 Å². The van der Waals surface area contributed by atoms with Gasteiger partial charge in [0.05, 0.1) is 5.92 Å². The van der Waals surface area contributed by atoms with E-state index < -0.39 is 6.10 Å². The van der Waals surface area contributed by atoms with Crippen molar-refractivity contribution in [3.8, 4) is 23.8 Å². The summed E-state index contributed by atoms with van der Waals surface area (Å²) in [5, 5.41) is 0. The normalized spacial score (nSPS) is 25.1. The maximum atomic E-state index is 12.9. The van der Waals surface area contributed by atoms with Crippen molar-refractivity contribution < 1.29 is 14.3 Å². The van der Waals surface area contributed by atoms with Gasteiger partial charge in [-0.15, -0.1) is 6.42 Å². The fourth-order valence-corrected chi connectivity index (χ4v) is 4.62. The standard InChI is InChI=1S/C25H24O3/c1-4-21(28-23(26)22-24(2,3)25(22)15-8-9-16-25)18-11-10-14-20(17-18)27-19-12-6-5-7-13-19/h1,5-8,10-15,17,21-22H,9,16H2,2-3H3. The quantitative estimate of drug-likeness (QED) is 0.384. The number of hydrogen-bond donors (Lipinski definition) is 0. The van der Waals surface area contributed by atoms with Crippen molar-refractivity contribution in [3.63, 3.8) is 0 Å². The van der Waals surface area contributed by atoms with Gasteiger partial charge in [-0.25, -0.2) is 0 Å². The van der Waals surface area contributed by atoms with Gasteiger partial charge in [-0.2, -0.15) is 0 Å². The summed E-state index contributed by atoms with van der Waals surface area (Å²) < 4.78 is 11.6. The molecule has 1 fully saturated rings. The van der Waals surface area contributed by atoms with Crippen LogP contribution in [0.5, 0.6) is 11.5 Å². The molecule has 3 unspecified atom stereocenters. The maximum absolute atomic E-state index is 12.9. The van der Waals surface area contributed by atoms with Gasteiger partial charge in [0, 0.05) is 11.0 Å². The van der Waals surface area contributed by atoms with Crippen LogP contribution in [0, 0.1) is 29.1 Å². The third-order valence-corrected chi connectivity index (χ3v) is 6.25. The lowest BCUT2D eigenvalue weighted by Crippen LogP contribution is -2.15. The monoisotopic (exact) mass is 372 g/mol. The molecule has 2 aromatic carbocycles. The lowest BCUT2D eigenvalue weighted by Gasteiger charge is -2.15. The van der Waals surface area contributed by atoms with E-state index in [-0.39, 0.29) is 22.7 Å². The number of allylic oxidation sites excluding steroid dienone is 2. The van der Waals surface area contributed by atoms with E-state index in [2.05, 4.69) is 31.9 Å². The van der Waals surface area contributed by atoms with Crippen molar-refractivity contribution in [1.82, 2.24) is 0 Å². The molecule has 0 radical (unpaired) electrons. The highest BCUT2D eigenvalue weighted by Gasteiger charge is 2.73. The van der Waals surface area contributed by atoms with Crippen LogP contribution >= 0.6 is 0 Å². The number of ether oxygens (including phenoxy) is 2. The predicted octanol–water partition coefficient (Wildman–Crippen LogP) is 5.69. The molecule has 3 atom stereocenters. The van der Waals surface area contributed by atoms with E-state index >= 15 is 0 Å². The van der Waals surface area contributed by atoms with Crippen molar-refractivity contribution >= 4 is 5.97 Å². The minimum atomic E-state index is -0.731. The molecular weight excluding hydrogens is 348 g/mol. The Labute approximate surface area is 166 Å². The Morgan fingerprint density at radius 1 is 1.14 bits per heavy atom. The van der Waals surface area contributed by atoms with Crippen LogP contribution in [0.15, 0.2) is 66.7 Å². The zero-order valence-electron chi connectivity index (χ0n) is 16.2. The number of hydrogen-bond acceptors (Lipinski definition) is 3. The van der Waals surface area contributed by atoms with Gasteiger partial charge in [0.2, 0.25) is 0 Å². The smallest absolute Gasteiger partial charge is 0.312 e. The fourth-order valence-electron chi connectivity index (χ4n) is 4.62. The Bertz CT molecular complexity index is 951. The molecular formula is C25H24O3. The number of carbonyl (C=O) groups is 1. The molecule has 0 aromatic heterocycles. The second-order valence-corrected chi connectivity index (χ2v) is 8.11. The molecule has 0 N–H and O–H groups in total. The average Bonchev–Trinajstić information content (AvgIpc) is 3.00. The summed E-state index contributed by atoms with van der Waals surface area (Å²) >= 11 is 0. The number of terminal acetylenes is 1. The second-order valence-electron chi connectivity index (χ2n) is 8.11. The molecule has 3 nitrogen and oxygen atoms in total. The Morgan fingerprint density at radius 3 is 2.57 bits per heavy atom. The van der Waals surface area contributed by atoms with Crippen LogP contribution in [0.1, 0.15) is 38.4 Å². The molecule has 1 saturated carbocycles. The van der Waals surface area contributed by atoms with Crippen LogP contribution in [0.2, 0.25) is 0 Å². The first-order valence-corrected chi connectivity index (χ1v) is 9.65. The average molecular weight is 372 g/mol. The van der Waals surface area contributed by atoms with Gasteiger partial charge in [0.1, 0.15) is 11.5 Å². The van der Waals surface area contributed by atoms with E-state index in [0.717, 1.165) is 24.2 Å². The lowest BCUT2D eigenvalue weighted by atomic mass is 9.96. The minimum Gasteiger partial charge on any atom is -0.457 e. The summed E-state index contributed by atoms with van der Waals surface area (Å²) in [5.74, 6) is 3.65. The van der Waals surface area contributed by atoms with Crippen LogP contribution in [0.4, 0.5) is 0 Å². The third kappa shape index (κ3) is 2.99. The molecule has 0 amide bonds. The highest BCUT2D eigenvalue weighted by molar-refractivity contribution is 5.80. The third-order valence-electron chi connectivity index (χ3n) is 6.25. The topological polar surface area (TPSA) is 35.5 Å². The van der Waals surface area contributed by atoms with Crippen molar-refractivity contribution in [1.29, 1.82) is 0 Å². The molecule has 3 heteroatoms. The SMILES string of the molecule is C#CC(OC(=O)C1C(C)(C)C12C=CCC2)c1cccc(Oc2ccccc2)c1. The summed E-state index contributed by atoms with van der Waals surface area (Å²) in [7, 11) is 0. The lowest BCUT2D eigenvalue weighted by molar-refractivity contribution is -0.149. The highest BCUT2D eigenvalue weighted by Crippen LogP contribution is 2.74. The molecule has 1 spiro atoms. The zero-order valence-corrected chi connectivity index (χ0v) is 16.2. The fraction of sp³-hybridized carbons (Fsp3) is 0.320. The van der Waals surface area contributed by atoms with Gasteiger partial charge in [-0.1, -0.05) is 62.3 Å². The highest BCUT2D eigenvalue weighted by atomic mass is 16.5. The summed E-state index contributed by atoms with van der Waals surface area (Å²) in [6.45, 7) is 4.27. The second kappa shape index (κ2) is 6.87. The van der Waals surface area contributed by atoms with Crippen LogP contribution in [-0.2, 0) is 9.53 Å². The molecule has 28 heavy (non-hydrogen) atoms. The summed E-state index contributed by atoms with van der Waals surface area (Å²) in [4.78, 5) is 12.9.